The second kappa shape index (κ2) is 6.15. The zero-order valence-electron chi connectivity index (χ0n) is 10.5. The molecule has 1 aromatic heterocycles. The van der Waals surface area contributed by atoms with E-state index in [0.717, 1.165) is 4.88 Å². The quantitative estimate of drug-likeness (QED) is 0.665. The van der Waals surface area contributed by atoms with Gasteiger partial charge in [0.1, 0.15) is 5.75 Å². The van der Waals surface area contributed by atoms with E-state index in [-0.39, 0.29) is 11.7 Å². The third-order valence-electron chi connectivity index (χ3n) is 2.56. The number of phenolic OH excluding ortho intramolecular Hbond substituents is 1. The maximum atomic E-state index is 11.7. The number of benzene rings is 1. The highest BCUT2D eigenvalue weighted by Crippen LogP contribution is 2.16. The molecule has 0 unspecified atom stereocenters. The lowest BCUT2D eigenvalue weighted by Gasteiger charge is -2.04. The van der Waals surface area contributed by atoms with Gasteiger partial charge in [0.2, 0.25) is 5.91 Å². The fourth-order valence-electron chi connectivity index (χ4n) is 1.60. The fourth-order valence-corrected chi connectivity index (χ4v) is 2.30. The first-order valence-electron chi connectivity index (χ1n) is 5.80. The summed E-state index contributed by atoms with van der Waals surface area (Å²) >= 11 is 1.54. The Bertz CT molecular complexity index is 591. The van der Waals surface area contributed by atoms with Crippen LogP contribution in [-0.2, 0) is 11.2 Å². The molecular weight excluding hydrogens is 260 g/mol. The number of nitrogens with zero attached hydrogens (tertiary/aromatic N) is 1. The minimum Gasteiger partial charge on any atom is -0.507 e. The van der Waals surface area contributed by atoms with Gasteiger partial charge in [0.05, 0.1) is 12.1 Å². The lowest BCUT2D eigenvalue weighted by atomic mass is 10.1. The molecule has 2 aromatic rings. The van der Waals surface area contributed by atoms with Gasteiger partial charge < -0.3 is 5.11 Å². The van der Waals surface area contributed by atoms with Crippen LogP contribution in [-0.4, -0.2) is 16.7 Å². The van der Waals surface area contributed by atoms with Crippen molar-refractivity contribution in [1.82, 2.24) is 5.43 Å². The Balaban J connectivity index is 1.98. The van der Waals surface area contributed by atoms with Gasteiger partial charge >= 0.3 is 0 Å². The molecule has 4 nitrogen and oxygen atoms in total. The molecule has 5 heteroatoms. The van der Waals surface area contributed by atoms with E-state index in [1.165, 1.54) is 11.3 Å². The fraction of sp³-hybridized carbons (Fsp3) is 0.143. The molecule has 0 fully saturated rings. The predicted molar refractivity (Wildman–Crippen MR) is 76.5 cm³/mol. The Hall–Kier alpha value is -2.14. The molecule has 1 heterocycles. The number of hydrazone groups is 1. The maximum Gasteiger partial charge on any atom is 0.245 e. The normalized spacial score (nSPS) is 11.3. The van der Waals surface area contributed by atoms with Crippen LogP contribution in [0.25, 0.3) is 0 Å². The number of phenols is 1. The number of rotatable bonds is 4. The van der Waals surface area contributed by atoms with Crippen molar-refractivity contribution in [2.75, 3.05) is 0 Å². The van der Waals surface area contributed by atoms with Crippen LogP contribution in [0.3, 0.4) is 0 Å². The Labute approximate surface area is 115 Å². The van der Waals surface area contributed by atoms with E-state index in [0.29, 0.717) is 17.7 Å². The molecule has 0 saturated carbocycles. The van der Waals surface area contributed by atoms with Crippen LogP contribution in [0.5, 0.6) is 5.75 Å². The number of nitrogens with one attached hydrogen (secondary N) is 1. The van der Waals surface area contributed by atoms with Crippen molar-refractivity contribution in [2.45, 2.75) is 13.3 Å². The van der Waals surface area contributed by atoms with Crippen LogP contribution in [0.15, 0.2) is 46.9 Å². The molecule has 98 valence electrons. The van der Waals surface area contributed by atoms with E-state index in [1.807, 2.05) is 23.6 Å². The van der Waals surface area contributed by atoms with Crippen molar-refractivity contribution in [1.29, 1.82) is 0 Å². The molecule has 0 aliphatic rings. The van der Waals surface area contributed by atoms with E-state index in [9.17, 15) is 9.90 Å². The summed E-state index contributed by atoms with van der Waals surface area (Å²) in [6.45, 7) is 1.74. The Kier molecular flexibility index (Phi) is 4.30. The smallest absolute Gasteiger partial charge is 0.245 e. The number of carbonyl (C=O) groups excluding carboxylic acids is 1. The molecule has 1 amide bonds. The maximum absolute atomic E-state index is 11.7. The average molecular weight is 274 g/mol. The van der Waals surface area contributed by atoms with Gasteiger partial charge in [0.15, 0.2) is 0 Å². The number of hydrogen-bond acceptors (Lipinski definition) is 4. The van der Waals surface area contributed by atoms with Crippen molar-refractivity contribution >= 4 is 23.0 Å². The van der Waals surface area contributed by atoms with Crippen LogP contribution in [0.2, 0.25) is 0 Å². The highest BCUT2D eigenvalue weighted by molar-refractivity contribution is 7.10. The Morgan fingerprint density at radius 3 is 2.79 bits per heavy atom. The van der Waals surface area contributed by atoms with E-state index < -0.39 is 0 Å². The van der Waals surface area contributed by atoms with E-state index in [1.54, 1.807) is 25.1 Å². The van der Waals surface area contributed by atoms with E-state index in [2.05, 4.69) is 10.5 Å². The second-order valence-electron chi connectivity index (χ2n) is 4.01. The van der Waals surface area contributed by atoms with Crippen LogP contribution < -0.4 is 5.43 Å². The van der Waals surface area contributed by atoms with Crippen LogP contribution in [0.4, 0.5) is 0 Å². The topological polar surface area (TPSA) is 61.7 Å². The molecule has 0 aliphatic carbocycles. The summed E-state index contributed by atoms with van der Waals surface area (Å²) in [5.74, 6) is -0.0199. The molecule has 0 bridgehead atoms. The lowest BCUT2D eigenvalue weighted by molar-refractivity contribution is -0.120. The van der Waals surface area contributed by atoms with Crippen LogP contribution in [0, 0.1) is 0 Å². The number of aromatic hydroxyl groups is 1. The summed E-state index contributed by atoms with van der Waals surface area (Å²) < 4.78 is 0. The number of hydrogen-bond donors (Lipinski definition) is 2. The zero-order valence-corrected chi connectivity index (χ0v) is 11.3. The summed E-state index contributed by atoms with van der Waals surface area (Å²) in [5, 5.41) is 15.6. The number of thiophene rings is 1. The number of carbonyl (C=O) groups is 1. The largest absolute Gasteiger partial charge is 0.507 e. The average Bonchev–Trinajstić information content (AvgIpc) is 2.89. The summed E-state index contributed by atoms with van der Waals surface area (Å²) in [7, 11) is 0. The van der Waals surface area contributed by atoms with Gasteiger partial charge in [-0.2, -0.15) is 5.10 Å². The van der Waals surface area contributed by atoms with Gasteiger partial charge in [0, 0.05) is 10.4 Å². The van der Waals surface area contributed by atoms with Gasteiger partial charge in [-0.1, -0.05) is 18.2 Å². The second-order valence-corrected chi connectivity index (χ2v) is 5.04. The molecule has 2 rings (SSSR count). The van der Waals surface area contributed by atoms with Gasteiger partial charge in [0.25, 0.3) is 0 Å². The highest BCUT2D eigenvalue weighted by atomic mass is 32.1. The summed E-state index contributed by atoms with van der Waals surface area (Å²) in [6, 6.07) is 10.7. The molecule has 0 aliphatic heterocycles. The summed E-state index contributed by atoms with van der Waals surface area (Å²) in [5.41, 5.74) is 3.67. The first kappa shape index (κ1) is 13.3. The van der Waals surface area contributed by atoms with E-state index in [4.69, 9.17) is 0 Å². The first-order valence-corrected chi connectivity index (χ1v) is 6.68. The molecule has 0 radical (unpaired) electrons. The van der Waals surface area contributed by atoms with Crippen LogP contribution >= 0.6 is 11.3 Å². The number of amides is 1. The third kappa shape index (κ3) is 3.66. The van der Waals surface area contributed by atoms with Gasteiger partial charge in [-0.25, -0.2) is 5.43 Å². The number of para-hydroxylation sites is 1. The SMILES string of the molecule is C/C(=N\NC(=O)Cc1cccs1)c1ccccc1O. The molecule has 19 heavy (non-hydrogen) atoms. The summed E-state index contributed by atoms with van der Waals surface area (Å²) in [6.07, 6.45) is 0.315. The lowest BCUT2D eigenvalue weighted by Crippen LogP contribution is -2.20. The molecule has 0 atom stereocenters. The van der Waals surface area contributed by atoms with E-state index >= 15 is 0 Å². The Morgan fingerprint density at radius 1 is 1.32 bits per heavy atom. The molecule has 0 spiro atoms. The van der Waals surface area contributed by atoms with Gasteiger partial charge in [-0.05, 0) is 30.5 Å². The summed E-state index contributed by atoms with van der Waals surface area (Å²) in [4.78, 5) is 12.7. The van der Waals surface area contributed by atoms with Crippen molar-refractivity contribution in [3.63, 3.8) is 0 Å². The zero-order chi connectivity index (χ0) is 13.7. The molecule has 2 N–H and O–H groups in total. The van der Waals surface area contributed by atoms with Gasteiger partial charge in [-0.3, -0.25) is 4.79 Å². The minimum absolute atomic E-state index is 0.149. The van der Waals surface area contributed by atoms with Crippen LogP contribution in [0.1, 0.15) is 17.4 Å². The predicted octanol–water partition coefficient (Wildman–Crippen LogP) is 2.54. The monoisotopic (exact) mass is 274 g/mol. The standard InChI is InChI=1S/C14H14N2O2S/c1-10(12-6-2-3-7-13(12)17)15-16-14(18)9-11-5-4-8-19-11/h2-8,17H,9H2,1H3,(H,16,18)/b15-10+. The molecule has 1 aromatic carbocycles. The highest BCUT2D eigenvalue weighted by Gasteiger charge is 2.05. The van der Waals surface area contributed by atoms with Crippen molar-refractivity contribution in [3.05, 3.63) is 52.2 Å². The third-order valence-corrected chi connectivity index (χ3v) is 3.43. The van der Waals surface area contributed by atoms with Crippen molar-refractivity contribution < 1.29 is 9.90 Å². The van der Waals surface area contributed by atoms with Gasteiger partial charge in [-0.15, -0.1) is 11.3 Å². The molecular formula is C14H14N2O2S. The minimum atomic E-state index is -0.169. The Morgan fingerprint density at radius 2 is 2.11 bits per heavy atom. The first-order chi connectivity index (χ1) is 9.16. The van der Waals surface area contributed by atoms with Crippen molar-refractivity contribution in [2.24, 2.45) is 5.10 Å². The molecule has 0 saturated heterocycles. The van der Waals surface area contributed by atoms with Crippen molar-refractivity contribution in [3.8, 4) is 5.75 Å².